The van der Waals surface area contributed by atoms with Gasteiger partial charge in [-0.25, -0.2) is 14.5 Å². The third kappa shape index (κ3) is 2.41. The van der Waals surface area contributed by atoms with Gasteiger partial charge < -0.3 is 4.42 Å². The summed E-state index contributed by atoms with van der Waals surface area (Å²) in [7, 11) is 0. The highest BCUT2D eigenvalue weighted by Crippen LogP contribution is 2.31. The van der Waals surface area contributed by atoms with E-state index in [1.807, 2.05) is 12.1 Å². The van der Waals surface area contributed by atoms with Crippen LogP contribution in [0.15, 0.2) is 35.3 Å². The molecule has 0 aromatic carbocycles. The fraction of sp³-hybridized carbons (Fsp3) is 0.176. The molecule has 0 aliphatic rings. The van der Waals surface area contributed by atoms with Crippen LogP contribution in [0.5, 0.6) is 0 Å². The Labute approximate surface area is 156 Å². The lowest BCUT2D eigenvalue weighted by Gasteiger charge is -1.96. The molecule has 5 aromatic heterocycles. The van der Waals surface area contributed by atoms with Crippen LogP contribution in [-0.4, -0.2) is 29.4 Å². The van der Waals surface area contributed by atoms with Crippen molar-refractivity contribution in [3.63, 3.8) is 0 Å². The summed E-state index contributed by atoms with van der Waals surface area (Å²) < 4.78 is 9.32. The van der Waals surface area contributed by atoms with Crippen LogP contribution in [0, 0.1) is 13.8 Å². The molecule has 0 bridgehead atoms. The van der Waals surface area contributed by atoms with Gasteiger partial charge in [0.2, 0.25) is 5.82 Å². The Morgan fingerprint density at radius 3 is 2.96 bits per heavy atom. The van der Waals surface area contributed by atoms with Crippen LogP contribution in [0.2, 0.25) is 5.02 Å². The Hall–Kier alpha value is -2.71. The molecule has 0 saturated carbocycles. The predicted octanol–water partition coefficient (Wildman–Crippen LogP) is 4.11. The summed E-state index contributed by atoms with van der Waals surface area (Å²) in [4.78, 5) is 11.4. The van der Waals surface area contributed by atoms with E-state index in [0.29, 0.717) is 23.2 Å². The summed E-state index contributed by atoms with van der Waals surface area (Å²) in [5.41, 5.74) is 1.99. The molecule has 0 aliphatic heterocycles. The fourth-order valence-electron chi connectivity index (χ4n) is 2.92. The second kappa shape index (κ2) is 5.65. The van der Waals surface area contributed by atoms with E-state index in [1.165, 1.54) is 10.4 Å². The van der Waals surface area contributed by atoms with Crippen LogP contribution in [-0.2, 0) is 6.54 Å². The van der Waals surface area contributed by atoms with Crippen molar-refractivity contribution in [3.05, 3.63) is 52.1 Å². The maximum Gasteiger partial charge on any atom is 0.217 e. The molecule has 0 spiro atoms. The minimum absolute atomic E-state index is 0.495. The number of furan rings is 1. The molecule has 5 aromatic rings. The van der Waals surface area contributed by atoms with Gasteiger partial charge in [-0.1, -0.05) is 11.6 Å². The molecular weight excluding hydrogens is 372 g/mol. The second-order valence-corrected chi connectivity index (χ2v) is 7.67. The number of aryl methyl sites for hydroxylation is 2. The lowest BCUT2D eigenvalue weighted by atomic mass is 10.2. The van der Waals surface area contributed by atoms with E-state index < -0.39 is 0 Å². The average molecular weight is 385 g/mol. The Kier molecular flexibility index (Phi) is 3.38. The molecule has 0 atom stereocenters. The van der Waals surface area contributed by atoms with Crippen molar-refractivity contribution in [1.29, 1.82) is 0 Å². The number of rotatable bonds is 3. The first-order chi connectivity index (χ1) is 12.6. The molecule has 0 unspecified atom stereocenters. The highest BCUT2D eigenvalue weighted by molar-refractivity contribution is 7.18. The predicted molar refractivity (Wildman–Crippen MR) is 99.7 cm³/mol. The van der Waals surface area contributed by atoms with Crippen molar-refractivity contribution >= 4 is 38.8 Å². The molecule has 0 aliphatic carbocycles. The number of hydrogen-bond acceptors (Lipinski definition) is 6. The van der Waals surface area contributed by atoms with Crippen LogP contribution in [0.4, 0.5) is 0 Å². The highest BCUT2D eigenvalue weighted by Gasteiger charge is 2.17. The van der Waals surface area contributed by atoms with Crippen molar-refractivity contribution in [2.45, 2.75) is 20.4 Å². The highest BCUT2D eigenvalue weighted by atomic mass is 35.5. The number of aromatic nitrogens is 6. The van der Waals surface area contributed by atoms with Crippen LogP contribution < -0.4 is 0 Å². The largest absolute Gasteiger partial charge is 0.456 e. The van der Waals surface area contributed by atoms with E-state index in [-0.39, 0.29) is 0 Å². The Morgan fingerprint density at radius 1 is 1.27 bits per heavy atom. The van der Waals surface area contributed by atoms with Gasteiger partial charge in [-0.3, -0.25) is 4.68 Å². The standard InChI is InChI=1S/C17H13ClN6OS/c1-9-10(2)26-17-14(9)16-21-15(22-24(16)8-19-17)13-4-3-12(25-13)7-23-6-11(18)5-20-23/h3-6,8H,7H2,1-2H3. The van der Waals surface area contributed by atoms with Crippen LogP contribution >= 0.6 is 22.9 Å². The maximum absolute atomic E-state index is 5.90. The maximum atomic E-state index is 5.90. The van der Waals surface area contributed by atoms with Gasteiger partial charge in [0, 0.05) is 11.1 Å². The van der Waals surface area contributed by atoms with E-state index in [1.54, 1.807) is 39.3 Å². The van der Waals surface area contributed by atoms with Gasteiger partial charge in [0.15, 0.2) is 11.4 Å². The summed E-state index contributed by atoms with van der Waals surface area (Å²) in [6, 6.07) is 3.76. The Bertz CT molecular complexity index is 1260. The number of thiophene rings is 1. The number of hydrogen-bond donors (Lipinski definition) is 0. The normalized spacial score (nSPS) is 11.8. The van der Waals surface area contributed by atoms with E-state index in [4.69, 9.17) is 21.0 Å². The molecule has 26 heavy (non-hydrogen) atoms. The van der Waals surface area contributed by atoms with E-state index in [9.17, 15) is 0 Å². The lowest BCUT2D eigenvalue weighted by molar-refractivity contribution is 0.487. The monoisotopic (exact) mass is 384 g/mol. The van der Waals surface area contributed by atoms with Crippen LogP contribution in [0.25, 0.3) is 27.4 Å². The Balaban J connectivity index is 1.56. The molecule has 130 valence electrons. The van der Waals surface area contributed by atoms with Gasteiger partial charge in [-0.2, -0.15) is 5.10 Å². The molecule has 7 nitrogen and oxygen atoms in total. The van der Waals surface area contributed by atoms with E-state index >= 15 is 0 Å². The minimum atomic E-state index is 0.495. The average Bonchev–Trinajstić information content (AvgIpc) is 3.36. The third-order valence-electron chi connectivity index (χ3n) is 4.31. The molecule has 5 heterocycles. The van der Waals surface area contributed by atoms with Gasteiger partial charge in [0.25, 0.3) is 0 Å². The summed E-state index contributed by atoms with van der Waals surface area (Å²) in [6.45, 7) is 4.68. The zero-order valence-corrected chi connectivity index (χ0v) is 15.5. The zero-order chi connectivity index (χ0) is 17.8. The van der Waals surface area contributed by atoms with Crippen molar-refractivity contribution in [3.8, 4) is 11.6 Å². The molecule has 9 heteroatoms. The van der Waals surface area contributed by atoms with Crippen molar-refractivity contribution in [2.75, 3.05) is 0 Å². The zero-order valence-electron chi connectivity index (χ0n) is 14.0. The van der Waals surface area contributed by atoms with Crippen LogP contribution in [0.1, 0.15) is 16.2 Å². The molecule has 0 N–H and O–H groups in total. The first-order valence-electron chi connectivity index (χ1n) is 7.96. The third-order valence-corrected chi connectivity index (χ3v) is 5.62. The van der Waals surface area contributed by atoms with Gasteiger partial charge in [-0.15, -0.1) is 16.4 Å². The summed E-state index contributed by atoms with van der Waals surface area (Å²) in [5, 5.41) is 10.3. The van der Waals surface area contributed by atoms with Crippen LogP contribution in [0.3, 0.4) is 0 Å². The van der Waals surface area contributed by atoms with Gasteiger partial charge in [0.05, 0.1) is 23.2 Å². The molecule has 0 saturated heterocycles. The van der Waals surface area contributed by atoms with Crippen molar-refractivity contribution in [1.82, 2.24) is 29.4 Å². The first kappa shape index (κ1) is 15.5. The molecule has 0 radical (unpaired) electrons. The quantitative estimate of drug-likeness (QED) is 0.468. The minimum Gasteiger partial charge on any atom is -0.456 e. The topological polar surface area (TPSA) is 74.0 Å². The SMILES string of the molecule is Cc1sc2ncn3nc(-c4ccc(Cn5cc(Cl)cn5)o4)nc3c2c1C. The van der Waals surface area contributed by atoms with Gasteiger partial charge in [-0.05, 0) is 31.5 Å². The molecular formula is C17H13ClN6OS. The van der Waals surface area contributed by atoms with Gasteiger partial charge >= 0.3 is 0 Å². The first-order valence-corrected chi connectivity index (χ1v) is 9.16. The Morgan fingerprint density at radius 2 is 2.15 bits per heavy atom. The molecule has 5 rings (SSSR count). The lowest BCUT2D eigenvalue weighted by Crippen LogP contribution is -1.97. The van der Waals surface area contributed by atoms with Crippen molar-refractivity contribution < 1.29 is 4.42 Å². The fourth-order valence-corrected chi connectivity index (χ4v) is 4.06. The number of fused-ring (bicyclic) bond motifs is 3. The molecule has 0 fully saturated rings. The number of nitrogens with zero attached hydrogens (tertiary/aromatic N) is 6. The second-order valence-electron chi connectivity index (χ2n) is 6.03. The summed E-state index contributed by atoms with van der Waals surface area (Å²) in [5.74, 6) is 1.90. The molecule has 0 amide bonds. The van der Waals surface area contributed by atoms with Crippen molar-refractivity contribution in [2.24, 2.45) is 0 Å². The van der Waals surface area contributed by atoms with E-state index in [2.05, 4.69) is 29.0 Å². The van der Waals surface area contributed by atoms with Gasteiger partial charge in [0.1, 0.15) is 16.9 Å². The summed E-state index contributed by atoms with van der Waals surface area (Å²) >= 11 is 7.56. The summed E-state index contributed by atoms with van der Waals surface area (Å²) in [6.07, 6.45) is 5.04. The van der Waals surface area contributed by atoms with E-state index in [0.717, 1.165) is 21.6 Å². The number of halogens is 1. The smallest absolute Gasteiger partial charge is 0.217 e.